The molecule has 3 fully saturated rings. The number of carbonyl (C=O) groups excluding carboxylic acids is 2. The molecule has 5 rings (SSSR count). The van der Waals surface area contributed by atoms with Crippen LogP contribution in [-0.4, -0.2) is 52.3 Å². The summed E-state index contributed by atoms with van der Waals surface area (Å²) >= 11 is 5.97. The van der Waals surface area contributed by atoms with E-state index in [0.717, 1.165) is 25.3 Å². The van der Waals surface area contributed by atoms with Crippen molar-refractivity contribution in [3.05, 3.63) is 40.8 Å². The molecule has 0 saturated heterocycles. The molecular weight excluding hydrogens is 531 g/mol. The van der Waals surface area contributed by atoms with E-state index in [9.17, 15) is 23.9 Å². The number of halogens is 2. The fraction of sp³-hybridized carbons (Fsp3) is 0.519. The van der Waals surface area contributed by atoms with Crippen molar-refractivity contribution in [2.75, 3.05) is 12.4 Å². The molecule has 3 N–H and O–H groups in total. The van der Waals surface area contributed by atoms with Crippen molar-refractivity contribution < 1.29 is 33.4 Å². The summed E-state index contributed by atoms with van der Waals surface area (Å²) in [4.78, 5) is 38.0. The van der Waals surface area contributed by atoms with Crippen LogP contribution in [-0.2, 0) is 9.59 Å². The molecule has 1 aromatic heterocycles. The van der Waals surface area contributed by atoms with E-state index in [1.165, 1.54) is 25.4 Å². The lowest BCUT2D eigenvalue weighted by molar-refractivity contribution is -0.143. The molecule has 3 aliphatic carbocycles. The van der Waals surface area contributed by atoms with Gasteiger partial charge in [0.1, 0.15) is 5.75 Å². The van der Waals surface area contributed by atoms with Gasteiger partial charge >= 0.3 is 5.97 Å². The Hall–Kier alpha value is -3.47. The molecule has 2 amide bonds. The molecule has 10 nitrogen and oxygen atoms in total. The van der Waals surface area contributed by atoms with Gasteiger partial charge in [-0.2, -0.15) is 5.10 Å². The Morgan fingerprint density at radius 1 is 1.05 bits per heavy atom. The summed E-state index contributed by atoms with van der Waals surface area (Å²) in [6, 6.07) is 3.51. The lowest BCUT2D eigenvalue weighted by Gasteiger charge is -2.31. The molecule has 3 aliphatic rings. The number of methoxy groups -OCH3 is 1. The average molecular weight is 561 g/mol. The highest BCUT2D eigenvalue weighted by Gasteiger charge is 2.51. The number of carboxylic acids is 1. The van der Waals surface area contributed by atoms with Gasteiger partial charge < -0.3 is 25.2 Å². The van der Waals surface area contributed by atoms with Crippen molar-refractivity contribution in [3.63, 3.8) is 0 Å². The first kappa shape index (κ1) is 27.1. The lowest BCUT2D eigenvalue weighted by atomic mass is 9.83. The molecule has 208 valence electrons. The smallest absolute Gasteiger partial charge is 0.306 e. The maximum Gasteiger partial charge on any atom is 0.306 e. The van der Waals surface area contributed by atoms with E-state index < -0.39 is 35.6 Å². The number of ether oxygens (including phenoxy) is 2. The van der Waals surface area contributed by atoms with Gasteiger partial charge in [0.2, 0.25) is 5.91 Å². The largest absolute Gasteiger partial charge is 0.496 e. The van der Waals surface area contributed by atoms with E-state index >= 15 is 0 Å². The number of nitrogens with one attached hydrogen (secondary N) is 2. The first-order chi connectivity index (χ1) is 18.7. The van der Waals surface area contributed by atoms with Gasteiger partial charge in [0.15, 0.2) is 17.4 Å². The minimum atomic E-state index is -0.837. The number of carboxylic acid groups (broad SMARTS) is 1. The average Bonchev–Trinajstić information content (AvgIpc) is 3.52. The van der Waals surface area contributed by atoms with E-state index in [2.05, 4.69) is 20.8 Å². The Labute approximate surface area is 229 Å². The van der Waals surface area contributed by atoms with Crippen LogP contribution in [0.3, 0.4) is 0 Å². The van der Waals surface area contributed by atoms with Crippen molar-refractivity contribution in [1.82, 2.24) is 15.5 Å². The fourth-order valence-corrected chi connectivity index (χ4v) is 6.44. The molecule has 0 spiro atoms. The summed E-state index contributed by atoms with van der Waals surface area (Å²) < 4.78 is 26.0. The molecule has 4 atom stereocenters. The van der Waals surface area contributed by atoms with Gasteiger partial charge in [-0.15, -0.1) is 5.10 Å². The summed E-state index contributed by atoms with van der Waals surface area (Å²) in [6.45, 7) is 0. The highest BCUT2D eigenvalue weighted by molar-refractivity contribution is 6.30. The third-order valence-electron chi connectivity index (χ3n) is 8.21. The van der Waals surface area contributed by atoms with Gasteiger partial charge in [0.05, 0.1) is 41.8 Å². The SMILES string of the molecule is COc1cc(F)c(O[C@H]2CC[C@@H](C(=O)O)CC2)cc1C(=O)N[C@@H]1[C@H]2CC[C@H](C2)[C@@H]1C(=O)Nc1cc(Cl)cnn1. The van der Waals surface area contributed by atoms with Crippen molar-refractivity contribution in [1.29, 1.82) is 0 Å². The zero-order valence-corrected chi connectivity index (χ0v) is 22.1. The van der Waals surface area contributed by atoms with Crippen molar-refractivity contribution in [2.45, 2.75) is 57.1 Å². The molecule has 39 heavy (non-hydrogen) atoms. The van der Waals surface area contributed by atoms with Crippen LogP contribution in [0.2, 0.25) is 5.02 Å². The van der Waals surface area contributed by atoms with Crippen molar-refractivity contribution in [2.24, 2.45) is 23.7 Å². The predicted molar refractivity (Wildman–Crippen MR) is 138 cm³/mol. The quantitative estimate of drug-likeness (QED) is 0.439. The van der Waals surface area contributed by atoms with Crippen molar-refractivity contribution in [3.8, 4) is 11.5 Å². The summed E-state index contributed by atoms with van der Waals surface area (Å²) in [6.07, 6.45) is 5.45. The van der Waals surface area contributed by atoms with Gasteiger partial charge in [0, 0.05) is 18.2 Å². The summed E-state index contributed by atoms with van der Waals surface area (Å²) in [7, 11) is 1.35. The van der Waals surface area contributed by atoms with Gasteiger partial charge in [-0.25, -0.2) is 4.39 Å². The Balaban J connectivity index is 1.31. The van der Waals surface area contributed by atoms with E-state index in [4.69, 9.17) is 21.1 Å². The normalized spacial score (nSPS) is 27.6. The standard InChI is InChI=1S/C27H30ClFN4O6/c1-38-20-11-19(29)21(39-17-6-4-13(5-7-17)27(36)37)10-18(20)25(34)32-24-15-3-2-14(8-15)23(24)26(35)31-22-9-16(28)12-30-33-22/h9-15,17,23-24H,2-8H2,1H3,(H,32,34)(H,36,37)(H,31,33,35)/t13-,14-,15+,17+,23+,24-/m1/s1. The first-order valence-corrected chi connectivity index (χ1v) is 13.5. The Morgan fingerprint density at radius 2 is 1.79 bits per heavy atom. The molecule has 0 radical (unpaired) electrons. The predicted octanol–water partition coefficient (Wildman–Crippen LogP) is 4.08. The maximum atomic E-state index is 14.9. The van der Waals surface area contributed by atoms with Crippen molar-refractivity contribution >= 4 is 35.2 Å². The van der Waals surface area contributed by atoms with Crippen LogP contribution in [0.25, 0.3) is 0 Å². The molecule has 0 unspecified atom stereocenters. The third kappa shape index (κ3) is 5.78. The number of anilines is 1. The zero-order valence-electron chi connectivity index (χ0n) is 21.4. The number of rotatable bonds is 8. The van der Waals surface area contributed by atoms with Gasteiger partial charge in [-0.05, 0) is 62.8 Å². The second kappa shape index (κ2) is 11.3. The summed E-state index contributed by atoms with van der Waals surface area (Å²) in [5.41, 5.74) is 0.0933. The number of benzene rings is 1. The van der Waals surface area contributed by atoms with E-state index in [0.29, 0.717) is 30.7 Å². The molecule has 1 heterocycles. The first-order valence-electron chi connectivity index (χ1n) is 13.1. The number of amides is 2. The van der Waals surface area contributed by atoms with Crippen LogP contribution >= 0.6 is 11.6 Å². The Morgan fingerprint density at radius 3 is 2.49 bits per heavy atom. The number of hydrogen-bond acceptors (Lipinski definition) is 7. The summed E-state index contributed by atoms with van der Waals surface area (Å²) in [5.74, 6) is -2.74. The molecule has 12 heteroatoms. The monoisotopic (exact) mass is 560 g/mol. The highest BCUT2D eigenvalue weighted by Crippen LogP contribution is 2.49. The van der Waals surface area contributed by atoms with E-state index in [1.54, 1.807) is 0 Å². The van der Waals surface area contributed by atoms with Crippen LogP contribution in [0.15, 0.2) is 24.4 Å². The molecule has 2 aromatic rings. The molecular formula is C27H30ClFN4O6. The molecule has 2 bridgehead atoms. The fourth-order valence-electron chi connectivity index (χ4n) is 6.30. The lowest BCUT2D eigenvalue weighted by Crippen LogP contribution is -2.48. The minimum absolute atomic E-state index is 0.0466. The second-order valence-electron chi connectivity index (χ2n) is 10.5. The molecule has 0 aliphatic heterocycles. The highest BCUT2D eigenvalue weighted by atomic mass is 35.5. The number of nitrogens with zero attached hydrogens (tertiary/aromatic N) is 2. The number of carbonyl (C=O) groups is 3. The number of aliphatic carboxylic acids is 1. The minimum Gasteiger partial charge on any atom is -0.496 e. The molecule has 1 aromatic carbocycles. The maximum absolute atomic E-state index is 14.9. The van der Waals surface area contributed by atoms with Crippen LogP contribution in [0.5, 0.6) is 11.5 Å². The van der Waals surface area contributed by atoms with E-state index in [-0.39, 0.29) is 46.7 Å². The van der Waals surface area contributed by atoms with Gasteiger partial charge in [-0.3, -0.25) is 14.4 Å². The second-order valence-corrected chi connectivity index (χ2v) is 11.0. The number of aromatic nitrogens is 2. The number of fused-ring (bicyclic) bond motifs is 2. The Bertz CT molecular complexity index is 1270. The number of hydrogen-bond donors (Lipinski definition) is 3. The third-order valence-corrected chi connectivity index (χ3v) is 8.41. The van der Waals surface area contributed by atoms with Gasteiger partial charge in [-0.1, -0.05) is 11.6 Å². The van der Waals surface area contributed by atoms with Gasteiger partial charge in [0.25, 0.3) is 5.91 Å². The van der Waals surface area contributed by atoms with Crippen LogP contribution < -0.4 is 20.1 Å². The molecule has 3 saturated carbocycles. The Kier molecular flexibility index (Phi) is 7.88. The summed E-state index contributed by atoms with van der Waals surface area (Å²) in [5, 5.41) is 23.0. The van der Waals surface area contributed by atoms with E-state index in [1.807, 2.05) is 0 Å². The van der Waals surface area contributed by atoms with Crippen LogP contribution in [0.1, 0.15) is 55.3 Å². The van der Waals surface area contributed by atoms with Crippen LogP contribution in [0, 0.1) is 29.5 Å². The van der Waals surface area contributed by atoms with Crippen LogP contribution in [0.4, 0.5) is 10.2 Å². The topological polar surface area (TPSA) is 140 Å². The zero-order chi connectivity index (χ0) is 27.7.